The van der Waals surface area contributed by atoms with Gasteiger partial charge in [0.2, 0.25) is 0 Å². The van der Waals surface area contributed by atoms with Crippen molar-refractivity contribution >= 4 is 27.5 Å². The van der Waals surface area contributed by atoms with E-state index in [-0.39, 0.29) is 27.5 Å². The van der Waals surface area contributed by atoms with Crippen LogP contribution >= 0.6 is 0 Å². The van der Waals surface area contributed by atoms with Crippen LogP contribution in [0.15, 0.2) is 29.2 Å². The topological polar surface area (TPSA) is 104 Å². The molecule has 6 heteroatoms. The quantitative estimate of drug-likeness (QED) is 0.261. The number of hydrogen-bond acceptors (Lipinski definition) is 4. The Labute approximate surface area is 93.4 Å². The molecular formula is C10H9NO4S. The van der Waals surface area contributed by atoms with E-state index in [4.69, 9.17) is 10.3 Å². The first-order chi connectivity index (χ1) is 7.54. The van der Waals surface area contributed by atoms with Gasteiger partial charge in [-0.2, -0.15) is 0 Å². The molecule has 0 radical (unpaired) electrons. The van der Waals surface area contributed by atoms with Crippen LogP contribution in [0, 0.1) is 0 Å². The van der Waals surface area contributed by atoms with Crippen molar-refractivity contribution in [3.63, 3.8) is 0 Å². The molecule has 1 unspecified atom stereocenters. The monoisotopic (exact) mass is 239 g/mol. The number of benzene rings is 2. The fraction of sp³-hybridized carbons (Fsp3) is 0. The third-order valence-corrected chi connectivity index (χ3v) is 3.09. The van der Waals surface area contributed by atoms with Crippen LogP contribution in [0.2, 0.25) is 0 Å². The van der Waals surface area contributed by atoms with Crippen LogP contribution in [0.3, 0.4) is 0 Å². The molecule has 0 aliphatic heterocycles. The summed E-state index contributed by atoms with van der Waals surface area (Å²) in [5.41, 5.74) is 5.21. The first-order valence-corrected chi connectivity index (χ1v) is 5.47. The highest BCUT2D eigenvalue weighted by Crippen LogP contribution is 2.42. The van der Waals surface area contributed by atoms with E-state index in [0.717, 1.165) is 0 Å². The number of fused-ring (bicyclic) bond motifs is 1. The van der Waals surface area contributed by atoms with E-state index < -0.39 is 11.1 Å². The third-order valence-electron chi connectivity index (χ3n) is 2.33. The lowest BCUT2D eigenvalue weighted by molar-refractivity contribution is 0.455. The number of phenols is 2. The average molecular weight is 239 g/mol. The van der Waals surface area contributed by atoms with E-state index in [2.05, 4.69) is 0 Å². The second-order valence-corrected chi connectivity index (χ2v) is 4.14. The van der Waals surface area contributed by atoms with Crippen molar-refractivity contribution in [3.05, 3.63) is 24.3 Å². The fourth-order valence-electron chi connectivity index (χ4n) is 1.58. The molecule has 5 nitrogen and oxygen atoms in total. The Bertz CT molecular complexity index is 597. The van der Waals surface area contributed by atoms with Crippen molar-refractivity contribution in [2.24, 2.45) is 0 Å². The van der Waals surface area contributed by atoms with Crippen molar-refractivity contribution in [1.82, 2.24) is 0 Å². The summed E-state index contributed by atoms with van der Waals surface area (Å²) in [5.74, 6) is -0.683. The Hall–Kier alpha value is -1.79. The van der Waals surface area contributed by atoms with Crippen LogP contribution in [0.1, 0.15) is 0 Å². The maximum Gasteiger partial charge on any atom is 0.192 e. The SMILES string of the molecule is Nc1c(S(=O)O)c(O)c2ccccc2c1O. The molecule has 84 valence electrons. The van der Waals surface area contributed by atoms with E-state index in [1.54, 1.807) is 18.2 Å². The third kappa shape index (κ3) is 1.39. The minimum absolute atomic E-state index is 0.281. The van der Waals surface area contributed by atoms with Crippen LogP contribution in [0.5, 0.6) is 11.5 Å². The normalized spacial score (nSPS) is 12.8. The summed E-state index contributed by atoms with van der Waals surface area (Å²) >= 11 is -2.45. The summed E-state index contributed by atoms with van der Waals surface area (Å²) in [7, 11) is 0. The van der Waals surface area contributed by atoms with Gasteiger partial charge in [0.05, 0.1) is 5.69 Å². The molecule has 0 bridgehead atoms. The highest BCUT2D eigenvalue weighted by Gasteiger charge is 2.20. The smallest absolute Gasteiger partial charge is 0.192 e. The van der Waals surface area contributed by atoms with Crippen LogP contribution < -0.4 is 5.73 Å². The molecule has 0 amide bonds. The van der Waals surface area contributed by atoms with Crippen molar-refractivity contribution in [3.8, 4) is 11.5 Å². The number of aromatic hydroxyl groups is 2. The standard InChI is InChI=1S/C10H9NO4S/c11-7-8(12)5-3-1-2-4-6(5)9(13)10(7)16(14)15/h1-4,12-13H,11H2,(H,14,15). The molecule has 0 aliphatic rings. The number of nitrogen functional groups attached to an aromatic ring is 1. The summed E-state index contributed by atoms with van der Waals surface area (Å²) in [6.45, 7) is 0. The van der Waals surface area contributed by atoms with E-state index in [1.807, 2.05) is 0 Å². The maximum absolute atomic E-state index is 11.0. The summed E-state index contributed by atoms with van der Waals surface area (Å²) in [6.07, 6.45) is 0. The second-order valence-electron chi connectivity index (χ2n) is 3.23. The molecule has 16 heavy (non-hydrogen) atoms. The van der Waals surface area contributed by atoms with Crippen molar-refractivity contribution < 1.29 is 19.0 Å². The zero-order chi connectivity index (χ0) is 11.9. The fourth-order valence-corrected chi connectivity index (χ4v) is 2.14. The molecule has 2 aromatic rings. The molecule has 0 aromatic heterocycles. The first-order valence-electron chi connectivity index (χ1n) is 4.37. The molecule has 2 rings (SSSR count). The van der Waals surface area contributed by atoms with Gasteiger partial charge in [0.1, 0.15) is 16.4 Å². The Morgan fingerprint density at radius 3 is 2.06 bits per heavy atom. The molecule has 0 heterocycles. The largest absolute Gasteiger partial charge is 0.506 e. The second kappa shape index (κ2) is 3.66. The Balaban J connectivity index is 3.00. The predicted molar refractivity (Wildman–Crippen MR) is 60.7 cm³/mol. The number of rotatable bonds is 1. The average Bonchev–Trinajstić information content (AvgIpc) is 2.26. The lowest BCUT2D eigenvalue weighted by Crippen LogP contribution is -1.98. The maximum atomic E-state index is 11.0. The zero-order valence-electron chi connectivity index (χ0n) is 8.04. The highest BCUT2D eigenvalue weighted by molar-refractivity contribution is 7.79. The minimum Gasteiger partial charge on any atom is -0.506 e. The number of hydrogen-bond donors (Lipinski definition) is 4. The van der Waals surface area contributed by atoms with Crippen molar-refractivity contribution in [1.29, 1.82) is 0 Å². The molecule has 0 spiro atoms. The van der Waals surface area contributed by atoms with Crippen molar-refractivity contribution in [2.45, 2.75) is 4.90 Å². The van der Waals surface area contributed by atoms with Crippen molar-refractivity contribution in [2.75, 3.05) is 5.73 Å². The Kier molecular flexibility index (Phi) is 2.45. The van der Waals surface area contributed by atoms with Gasteiger partial charge in [0.25, 0.3) is 0 Å². The Morgan fingerprint density at radius 1 is 1.06 bits per heavy atom. The van der Waals surface area contributed by atoms with Crippen LogP contribution in [-0.2, 0) is 11.1 Å². The van der Waals surface area contributed by atoms with Crippen LogP contribution in [0.4, 0.5) is 5.69 Å². The molecular weight excluding hydrogens is 230 g/mol. The number of phenolic OH excluding ortho intramolecular Hbond substituents is 2. The molecule has 0 saturated heterocycles. The molecule has 2 aromatic carbocycles. The zero-order valence-corrected chi connectivity index (χ0v) is 8.86. The highest BCUT2D eigenvalue weighted by atomic mass is 32.2. The van der Waals surface area contributed by atoms with E-state index in [0.29, 0.717) is 5.39 Å². The predicted octanol–water partition coefficient (Wildman–Crippen LogP) is 1.41. The van der Waals surface area contributed by atoms with Gasteiger partial charge < -0.3 is 20.5 Å². The van der Waals surface area contributed by atoms with Gasteiger partial charge in [-0.25, -0.2) is 4.21 Å². The molecule has 1 atom stereocenters. The summed E-state index contributed by atoms with van der Waals surface area (Å²) in [6, 6.07) is 6.39. The molecule has 0 fully saturated rings. The molecule has 0 aliphatic carbocycles. The van der Waals surface area contributed by atoms with Gasteiger partial charge in [0.15, 0.2) is 11.1 Å². The Morgan fingerprint density at radius 2 is 1.56 bits per heavy atom. The summed E-state index contributed by atoms with van der Waals surface area (Å²) < 4.78 is 20.0. The van der Waals surface area contributed by atoms with E-state index >= 15 is 0 Å². The number of anilines is 1. The molecule has 5 N–H and O–H groups in total. The molecule has 0 saturated carbocycles. The number of nitrogens with two attached hydrogens (primary N) is 1. The van der Waals surface area contributed by atoms with E-state index in [9.17, 15) is 14.4 Å². The van der Waals surface area contributed by atoms with Gasteiger partial charge in [-0.3, -0.25) is 0 Å². The minimum atomic E-state index is -2.45. The van der Waals surface area contributed by atoms with Crippen LogP contribution in [-0.4, -0.2) is 19.0 Å². The van der Waals surface area contributed by atoms with Gasteiger partial charge in [-0.1, -0.05) is 24.3 Å². The summed E-state index contributed by atoms with van der Waals surface area (Å²) in [5, 5.41) is 20.1. The van der Waals surface area contributed by atoms with Crippen LogP contribution in [0.25, 0.3) is 10.8 Å². The van der Waals surface area contributed by atoms with E-state index in [1.165, 1.54) is 6.07 Å². The van der Waals surface area contributed by atoms with Gasteiger partial charge in [-0.15, -0.1) is 0 Å². The lowest BCUT2D eigenvalue weighted by Gasteiger charge is -2.10. The van der Waals surface area contributed by atoms with Gasteiger partial charge in [0, 0.05) is 10.8 Å². The van der Waals surface area contributed by atoms with Gasteiger partial charge >= 0.3 is 0 Å². The van der Waals surface area contributed by atoms with Gasteiger partial charge in [-0.05, 0) is 0 Å². The lowest BCUT2D eigenvalue weighted by atomic mass is 10.1. The summed E-state index contributed by atoms with van der Waals surface area (Å²) in [4.78, 5) is -0.365. The first kappa shape index (κ1) is 10.7.